The Kier molecular flexibility index (Phi) is 8.44. The van der Waals surface area contributed by atoms with E-state index in [1.807, 2.05) is 13.8 Å². The van der Waals surface area contributed by atoms with Crippen LogP contribution in [0.3, 0.4) is 0 Å². The number of carboxylic acids is 1. The molecule has 3 atom stereocenters. The lowest BCUT2D eigenvalue weighted by atomic mass is 9.85. The Morgan fingerprint density at radius 3 is 2.19 bits per heavy atom. The first-order valence-corrected chi connectivity index (χ1v) is 8.97. The first-order valence-electron chi connectivity index (χ1n) is 8.97. The van der Waals surface area contributed by atoms with Crippen molar-refractivity contribution >= 4 is 23.7 Å². The van der Waals surface area contributed by atoms with Crippen molar-refractivity contribution in [1.82, 2.24) is 10.2 Å². The van der Waals surface area contributed by atoms with Crippen molar-refractivity contribution in [3.05, 3.63) is 12.2 Å². The minimum atomic E-state index is -1.09. The maximum Gasteiger partial charge on any atom is 0.325 e. The van der Waals surface area contributed by atoms with Crippen LogP contribution < -0.4 is 11.1 Å². The smallest absolute Gasteiger partial charge is 0.325 e. The second kappa shape index (κ2) is 10.1. The van der Waals surface area contributed by atoms with Gasteiger partial charge in [-0.25, -0.2) is 0 Å². The Morgan fingerprint density at radius 2 is 1.69 bits per heavy atom. The average Bonchev–Trinajstić information content (AvgIpc) is 2.85. The summed E-state index contributed by atoms with van der Waals surface area (Å²) in [6.07, 6.45) is 5.36. The molecule has 4 N–H and O–H groups in total. The first kappa shape index (κ1) is 21.8. The first-order chi connectivity index (χ1) is 12.1. The van der Waals surface area contributed by atoms with Gasteiger partial charge in [-0.3, -0.25) is 24.1 Å². The van der Waals surface area contributed by atoms with Crippen LogP contribution in [0.15, 0.2) is 12.2 Å². The molecule has 1 aliphatic heterocycles. The molecule has 3 amide bonds. The molecule has 1 heterocycles. The Labute approximate surface area is 153 Å². The van der Waals surface area contributed by atoms with Crippen LogP contribution in [0.4, 0.5) is 0 Å². The van der Waals surface area contributed by atoms with Crippen molar-refractivity contribution in [3.8, 4) is 0 Å². The molecule has 8 nitrogen and oxygen atoms in total. The van der Waals surface area contributed by atoms with E-state index in [2.05, 4.69) is 5.32 Å². The Balaban J connectivity index is 2.39. The third-order valence-electron chi connectivity index (χ3n) is 4.53. The number of nitrogens with zero attached hydrogens (tertiary/aromatic N) is 1. The molecule has 1 aliphatic rings. The normalized spacial score (nSPS) is 17.5. The molecule has 0 radical (unpaired) electrons. The zero-order chi connectivity index (χ0) is 19.9. The molecule has 8 heteroatoms. The molecule has 0 aromatic rings. The molecule has 0 fully saturated rings. The second-order valence-electron chi connectivity index (χ2n) is 7.01. The minimum Gasteiger partial charge on any atom is -0.480 e. The van der Waals surface area contributed by atoms with Crippen molar-refractivity contribution in [3.63, 3.8) is 0 Å². The summed E-state index contributed by atoms with van der Waals surface area (Å²) < 4.78 is 0. The van der Waals surface area contributed by atoms with Gasteiger partial charge in [0.05, 0.1) is 5.92 Å². The van der Waals surface area contributed by atoms with E-state index in [0.29, 0.717) is 19.4 Å². The van der Waals surface area contributed by atoms with Gasteiger partial charge in [0.2, 0.25) is 5.91 Å². The highest BCUT2D eigenvalue weighted by Gasteiger charge is 2.30. The number of imide groups is 1. The summed E-state index contributed by atoms with van der Waals surface area (Å²) in [5.74, 6) is -2.48. The van der Waals surface area contributed by atoms with Crippen LogP contribution >= 0.6 is 0 Å². The number of aliphatic carboxylic acids is 1. The van der Waals surface area contributed by atoms with Crippen molar-refractivity contribution in [2.24, 2.45) is 17.6 Å². The van der Waals surface area contributed by atoms with Gasteiger partial charge in [0, 0.05) is 24.7 Å². The van der Waals surface area contributed by atoms with E-state index in [1.165, 1.54) is 24.0 Å². The molecule has 146 valence electrons. The minimum absolute atomic E-state index is 0.0167. The number of carbonyl (C=O) groups is 4. The van der Waals surface area contributed by atoms with Crippen molar-refractivity contribution < 1.29 is 24.3 Å². The van der Waals surface area contributed by atoms with Gasteiger partial charge < -0.3 is 16.2 Å². The van der Waals surface area contributed by atoms with Crippen LogP contribution in [-0.2, 0) is 19.2 Å². The molecule has 0 saturated carbocycles. The zero-order valence-corrected chi connectivity index (χ0v) is 15.6. The van der Waals surface area contributed by atoms with E-state index >= 15 is 0 Å². The van der Waals surface area contributed by atoms with Gasteiger partial charge in [-0.2, -0.15) is 0 Å². The molecule has 0 spiro atoms. The SMILES string of the molecule is CC(C)[C@@H](C(=O)N[C@H](C)C(=O)O)C(N)CCCCCN1C(=O)C=CC1=O. The van der Waals surface area contributed by atoms with E-state index in [9.17, 15) is 19.2 Å². The van der Waals surface area contributed by atoms with Crippen LogP contribution in [0.2, 0.25) is 0 Å². The summed E-state index contributed by atoms with van der Waals surface area (Å²) in [7, 11) is 0. The van der Waals surface area contributed by atoms with Gasteiger partial charge in [-0.1, -0.05) is 26.7 Å². The molecule has 26 heavy (non-hydrogen) atoms. The van der Waals surface area contributed by atoms with E-state index in [1.54, 1.807) is 0 Å². The lowest BCUT2D eigenvalue weighted by Gasteiger charge is -2.27. The molecule has 1 unspecified atom stereocenters. The number of nitrogens with one attached hydrogen (secondary N) is 1. The van der Waals surface area contributed by atoms with Gasteiger partial charge in [0.25, 0.3) is 11.8 Å². The van der Waals surface area contributed by atoms with Crippen LogP contribution in [0.1, 0.15) is 46.5 Å². The fourth-order valence-electron chi connectivity index (χ4n) is 3.02. The Morgan fingerprint density at radius 1 is 1.12 bits per heavy atom. The van der Waals surface area contributed by atoms with E-state index in [4.69, 9.17) is 10.8 Å². The fraction of sp³-hybridized carbons (Fsp3) is 0.667. The summed E-state index contributed by atoms with van der Waals surface area (Å²) in [6.45, 7) is 5.56. The van der Waals surface area contributed by atoms with Crippen molar-refractivity contribution in [2.75, 3.05) is 6.54 Å². The van der Waals surface area contributed by atoms with Gasteiger partial charge in [-0.15, -0.1) is 0 Å². The molecular formula is C18H29N3O5. The van der Waals surface area contributed by atoms with Crippen LogP contribution in [-0.4, -0.2) is 52.3 Å². The number of rotatable bonds is 11. The number of hydrogen-bond acceptors (Lipinski definition) is 5. The van der Waals surface area contributed by atoms with E-state index < -0.39 is 17.9 Å². The van der Waals surface area contributed by atoms with Crippen LogP contribution in [0.5, 0.6) is 0 Å². The lowest BCUT2D eigenvalue weighted by molar-refractivity contribution is -0.142. The molecule has 1 rings (SSSR count). The fourth-order valence-corrected chi connectivity index (χ4v) is 3.02. The van der Waals surface area contributed by atoms with Gasteiger partial charge in [0.15, 0.2) is 0 Å². The molecule has 0 bridgehead atoms. The number of carboxylic acid groups (broad SMARTS) is 1. The summed E-state index contributed by atoms with van der Waals surface area (Å²) in [6, 6.07) is -1.34. The summed E-state index contributed by atoms with van der Waals surface area (Å²) in [5.41, 5.74) is 6.18. The highest BCUT2D eigenvalue weighted by Crippen LogP contribution is 2.19. The molecular weight excluding hydrogens is 338 g/mol. The third-order valence-corrected chi connectivity index (χ3v) is 4.53. The van der Waals surface area contributed by atoms with Gasteiger partial charge >= 0.3 is 5.97 Å². The zero-order valence-electron chi connectivity index (χ0n) is 15.6. The van der Waals surface area contributed by atoms with Crippen molar-refractivity contribution in [1.29, 1.82) is 0 Å². The molecule has 0 saturated heterocycles. The number of unbranched alkanes of at least 4 members (excludes halogenated alkanes) is 2. The molecule has 0 aromatic heterocycles. The topological polar surface area (TPSA) is 130 Å². The van der Waals surface area contributed by atoms with Crippen LogP contribution in [0.25, 0.3) is 0 Å². The molecule has 0 aromatic carbocycles. The number of amides is 3. The predicted octanol–water partition coefficient (Wildman–Crippen LogP) is 0.661. The number of nitrogens with two attached hydrogens (primary N) is 1. The maximum absolute atomic E-state index is 12.3. The third kappa shape index (κ3) is 6.25. The van der Waals surface area contributed by atoms with E-state index in [-0.39, 0.29) is 29.7 Å². The molecule has 0 aliphatic carbocycles. The van der Waals surface area contributed by atoms with Gasteiger partial charge in [0.1, 0.15) is 6.04 Å². The highest BCUT2D eigenvalue weighted by molar-refractivity contribution is 6.12. The largest absolute Gasteiger partial charge is 0.480 e. The average molecular weight is 367 g/mol. The second-order valence-corrected chi connectivity index (χ2v) is 7.01. The summed E-state index contributed by atoms with van der Waals surface area (Å²) in [4.78, 5) is 47.3. The quantitative estimate of drug-likeness (QED) is 0.363. The maximum atomic E-state index is 12.3. The lowest BCUT2D eigenvalue weighted by Crippen LogP contribution is -2.49. The monoisotopic (exact) mass is 367 g/mol. The standard InChI is InChI=1S/C18H29N3O5/c1-11(2)16(17(24)20-12(3)18(25)26)13(19)7-5-4-6-10-21-14(22)8-9-15(21)23/h8-9,11-13,16H,4-7,10,19H2,1-3H3,(H,20,24)(H,25,26)/t12-,13?,16-/m1/s1. The summed E-state index contributed by atoms with van der Waals surface area (Å²) >= 11 is 0. The van der Waals surface area contributed by atoms with E-state index in [0.717, 1.165) is 12.8 Å². The Bertz CT molecular complexity index is 555. The number of carbonyl (C=O) groups excluding carboxylic acids is 3. The van der Waals surface area contributed by atoms with Crippen LogP contribution in [0, 0.1) is 11.8 Å². The predicted molar refractivity (Wildman–Crippen MR) is 95.9 cm³/mol. The number of hydrogen-bond donors (Lipinski definition) is 3. The van der Waals surface area contributed by atoms with Crippen molar-refractivity contribution in [2.45, 2.75) is 58.5 Å². The van der Waals surface area contributed by atoms with Gasteiger partial charge in [-0.05, 0) is 25.7 Å². The summed E-state index contributed by atoms with van der Waals surface area (Å²) in [5, 5.41) is 11.4. The Hall–Kier alpha value is -2.22. The highest BCUT2D eigenvalue weighted by atomic mass is 16.4.